The van der Waals surface area contributed by atoms with E-state index in [1.807, 2.05) is 24.3 Å². The predicted molar refractivity (Wildman–Crippen MR) is 111 cm³/mol. The number of ether oxygens (including phenoxy) is 1. The molecule has 0 saturated carbocycles. The molecular weight excluding hydrogens is 360 g/mol. The summed E-state index contributed by atoms with van der Waals surface area (Å²) >= 11 is 6.22. The third-order valence-corrected chi connectivity index (χ3v) is 5.14. The third-order valence-electron chi connectivity index (χ3n) is 4.85. The van der Waals surface area contributed by atoms with E-state index in [1.54, 1.807) is 0 Å². The van der Waals surface area contributed by atoms with E-state index in [0.717, 1.165) is 49.4 Å². The fourth-order valence-corrected chi connectivity index (χ4v) is 3.62. The second-order valence-electron chi connectivity index (χ2n) is 6.77. The van der Waals surface area contributed by atoms with E-state index < -0.39 is 0 Å². The molecule has 1 aliphatic rings. The van der Waals surface area contributed by atoms with Crippen molar-refractivity contribution in [3.05, 3.63) is 64.8 Å². The molecule has 27 heavy (non-hydrogen) atoms. The second-order valence-corrected chi connectivity index (χ2v) is 7.13. The number of rotatable bonds is 5. The van der Waals surface area contributed by atoms with Crippen molar-refractivity contribution < 1.29 is 4.74 Å². The molecule has 6 heteroatoms. The van der Waals surface area contributed by atoms with Gasteiger partial charge < -0.3 is 15.8 Å². The lowest BCUT2D eigenvalue weighted by Gasteiger charge is -2.26. The summed E-state index contributed by atoms with van der Waals surface area (Å²) in [7, 11) is 0. The first kappa shape index (κ1) is 18.0. The number of benzene rings is 2. The largest absolute Gasteiger partial charge is 0.395 e. The van der Waals surface area contributed by atoms with E-state index >= 15 is 0 Å². The van der Waals surface area contributed by atoms with Gasteiger partial charge in [0.1, 0.15) is 0 Å². The zero-order valence-corrected chi connectivity index (χ0v) is 15.9. The van der Waals surface area contributed by atoms with Gasteiger partial charge in [-0.25, -0.2) is 4.98 Å². The Morgan fingerprint density at radius 3 is 2.70 bits per heavy atom. The molecule has 0 bridgehead atoms. The van der Waals surface area contributed by atoms with Crippen LogP contribution in [0.25, 0.3) is 10.9 Å². The van der Waals surface area contributed by atoms with Gasteiger partial charge in [0.25, 0.3) is 0 Å². The molecule has 2 aromatic carbocycles. The molecule has 1 fully saturated rings. The first-order chi connectivity index (χ1) is 13.2. The van der Waals surface area contributed by atoms with E-state index in [-0.39, 0.29) is 0 Å². The standard InChI is InChI=1S/C21H23ClN4O/c22-21-19(23)20(17-6-1-2-7-18(17)25-21)24-13-15-4-3-5-16(12-15)14-26-8-10-27-11-9-26/h1-7,12H,8-11,13-14,23H2,(H,24,25). The van der Waals surface area contributed by atoms with E-state index in [4.69, 9.17) is 22.1 Å². The molecule has 1 aliphatic heterocycles. The van der Waals surface area contributed by atoms with E-state index in [1.165, 1.54) is 11.1 Å². The van der Waals surface area contributed by atoms with Crippen molar-refractivity contribution >= 4 is 33.9 Å². The number of nitrogens with zero attached hydrogens (tertiary/aromatic N) is 2. The number of nitrogens with two attached hydrogens (primary N) is 1. The number of hydrogen-bond acceptors (Lipinski definition) is 5. The molecule has 4 rings (SSSR count). The van der Waals surface area contributed by atoms with Crippen molar-refractivity contribution in [2.45, 2.75) is 13.1 Å². The van der Waals surface area contributed by atoms with Crippen LogP contribution < -0.4 is 11.1 Å². The molecule has 0 atom stereocenters. The SMILES string of the molecule is Nc1c(Cl)nc2ccccc2c1NCc1cccc(CN2CCOCC2)c1. The molecule has 3 N–H and O–H groups in total. The van der Waals surface area contributed by atoms with Crippen molar-refractivity contribution in [1.82, 2.24) is 9.88 Å². The second kappa shape index (κ2) is 8.13. The Labute approximate surface area is 164 Å². The minimum atomic E-state index is 0.331. The van der Waals surface area contributed by atoms with E-state index in [2.05, 4.69) is 39.5 Å². The molecule has 2 heterocycles. The highest BCUT2D eigenvalue weighted by Gasteiger charge is 2.12. The maximum Gasteiger partial charge on any atom is 0.154 e. The summed E-state index contributed by atoms with van der Waals surface area (Å²) in [6, 6.07) is 16.5. The molecule has 1 saturated heterocycles. The van der Waals surface area contributed by atoms with Crippen LogP contribution in [0.5, 0.6) is 0 Å². The predicted octanol–water partition coefficient (Wildman–Crippen LogP) is 3.91. The van der Waals surface area contributed by atoms with Gasteiger partial charge in [0.15, 0.2) is 5.15 Å². The number of anilines is 2. The van der Waals surface area contributed by atoms with Gasteiger partial charge in [-0.3, -0.25) is 4.90 Å². The van der Waals surface area contributed by atoms with Crippen molar-refractivity contribution in [1.29, 1.82) is 0 Å². The van der Waals surface area contributed by atoms with Crippen LogP contribution in [0.4, 0.5) is 11.4 Å². The molecule has 3 aromatic rings. The normalized spacial score (nSPS) is 15.1. The van der Waals surface area contributed by atoms with Crippen LogP contribution in [0.2, 0.25) is 5.15 Å². The summed E-state index contributed by atoms with van der Waals surface area (Å²) in [5, 5.41) is 4.77. The highest BCUT2D eigenvalue weighted by molar-refractivity contribution is 6.33. The average Bonchev–Trinajstić information content (AvgIpc) is 2.69. The first-order valence-corrected chi connectivity index (χ1v) is 9.54. The summed E-state index contributed by atoms with van der Waals surface area (Å²) in [4.78, 5) is 6.78. The summed E-state index contributed by atoms with van der Waals surface area (Å²) < 4.78 is 5.43. The van der Waals surface area contributed by atoms with Gasteiger partial charge in [0, 0.05) is 31.6 Å². The van der Waals surface area contributed by atoms with Crippen LogP contribution in [-0.2, 0) is 17.8 Å². The van der Waals surface area contributed by atoms with Crippen LogP contribution in [-0.4, -0.2) is 36.2 Å². The number of nitrogen functional groups attached to an aromatic ring is 1. The van der Waals surface area contributed by atoms with Crippen LogP contribution in [0.15, 0.2) is 48.5 Å². The third kappa shape index (κ3) is 4.16. The van der Waals surface area contributed by atoms with Crippen LogP contribution in [0.1, 0.15) is 11.1 Å². The van der Waals surface area contributed by atoms with Crippen LogP contribution >= 0.6 is 11.6 Å². The van der Waals surface area contributed by atoms with E-state index in [0.29, 0.717) is 17.4 Å². The van der Waals surface area contributed by atoms with Gasteiger partial charge in [0.05, 0.1) is 30.1 Å². The fraction of sp³-hybridized carbons (Fsp3) is 0.286. The van der Waals surface area contributed by atoms with Gasteiger partial charge in [-0.05, 0) is 17.2 Å². The minimum absolute atomic E-state index is 0.331. The quantitative estimate of drug-likeness (QED) is 0.655. The Hall–Kier alpha value is -2.34. The number of pyridine rings is 1. The molecular formula is C21H23ClN4O. The highest BCUT2D eigenvalue weighted by Crippen LogP contribution is 2.33. The molecule has 1 aromatic heterocycles. The molecule has 5 nitrogen and oxygen atoms in total. The molecule has 0 unspecified atom stereocenters. The molecule has 0 radical (unpaired) electrons. The van der Waals surface area contributed by atoms with Crippen molar-refractivity contribution in [2.24, 2.45) is 0 Å². The number of aromatic nitrogens is 1. The van der Waals surface area contributed by atoms with E-state index in [9.17, 15) is 0 Å². The van der Waals surface area contributed by atoms with Gasteiger partial charge in [0.2, 0.25) is 0 Å². The van der Waals surface area contributed by atoms with Crippen molar-refractivity contribution in [3.8, 4) is 0 Å². The Morgan fingerprint density at radius 2 is 1.85 bits per heavy atom. The number of hydrogen-bond donors (Lipinski definition) is 2. The lowest BCUT2D eigenvalue weighted by Crippen LogP contribution is -2.35. The highest BCUT2D eigenvalue weighted by atomic mass is 35.5. The lowest BCUT2D eigenvalue weighted by atomic mass is 10.1. The van der Waals surface area contributed by atoms with Crippen molar-refractivity contribution in [3.63, 3.8) is 0 Å². The summed E-state index contributed by atoms with van der Waals surface area (Å²) in [6.07, 6.45) is 0. The lowest BCUT2D eigenvalue weighted by molar-refractivity contribution is 0.0342. The summed E-state index contributed by atoms with van der Waals surface area (Å²) in [5.74, 6) is 0. The van der Waals surface area contributed by atoms with Crippen molar-refractivity contribution in [2.75, 3.05) is 37.4 Å². The van der Waals surface area contributed by atoms with Gasteiger partial charge in [-0.2, -0.15) is 0 Å². The Kier molecular flexibility index (Phi) is 5.43. The Balaban J connectivity index is 1.51. The van der Waals surface area contributed by atoms with Crippen LogP contribution in [0.3, 0.4) is 0 Å². The average molecular weight is 383 g/mol. The Bertz CT molecular complexity index is 941. The molecule has 0 amide bonds. The zero-order valence-electron chi connectivity index (χ0n) is 15.1. The Morgan fingerprint density at radius 1 is 1.07 bits per heavy atom. The van der Waals surface area contributed by atoms with Gasteiger partial charge in [-0.15, -0.1) is 0 Å². The number of halogens is 1. The van der Waals surface area contributed by atoms with Crippen LogP contribution in [0, 0.1) is 0 Å². The number of nitrogens with one attached hydrogen (secondary N) is 1. The minimum Gasteiger partial charge on any atom is -0.395 e. The smallest absolute Gasteiger partial charge is 0.154 e. The fourth-order valence-electron chi connectivity index (χ4n) is 3.43. The summed E-state index contributed by atoms with van der Waals surface area (Å²) in [5.41, 5.74) is 10.9. The zero-order chi connectivity index (χ0) is 18.6. The first-order valence-electron chi connectivity index (χ1n) is 9.16. The molecule has 140 valence electrons. The number of fused-ring (bicyclic) bond motifs is 1. The molecule has 0 aliphatic carbocycles. The van der Waals surface area contributed by atoms with Gasteiger partial charge >= 0.3 is 0 Å². The maximum absolute atomic E-state index is 6.22. The summed E-state index contributed by atoms with van der Waals surface area (Å²) in [6.45, 7) is 5.22. The molecule has 0 spiro atoms. The monoisotopic (exact) mass is 382 g/mol. The number of para-hydroxylation sites is 1. The number of morpholine rings is 1. The van der Waals surface area contributed by atoms with Gasteiger partial charge in [-0.1, -0.05) is 54.1 Å². The topological polar surface area (TPSA) is 63.4 Å². The maximum atomic E-state index is 6.22.